The van der Waals surface area contributed by atoms with Gasteiger partial charge in [0.2, 0.25) is 5.96 Å². The molecule has 0 spiro atoms. The van der Waals surface area contributed by atoms with Gasteiger partial charge in [-0.1, -0.05) is 17.7 Å². The number of hydrogen-bond acceptors (Lipinski definition) is 6. The van der Waals surface area contributed by atoms with Crippen molar-refractivity contribution < 1.29 is 5.11 Å². The summed E-state index contributed by atoms with van der Waals surface area (Å²) in [6.45, 7) is 2.02. The average molecular weight is 346 g/mol. The van der Waals surface area contributed by atoms with Crippen molar-refractivity contribution in [2.75, 3.05) is 5.32 Å². The zero-order chi connectivity index (χ0) is 16.0. The monoisotopic (exact) mass is 345 g/mol. The first kappa shape index (κ1) is 14.2. The van der Waals surface area contributed by atoms with Crippen LogP contribution >= 0.6 is 23.5 Å². The van der Waals surface area contributed by atoms with Crippen LogP contribution in [-0.2, 0) is 0 Å². The quantitative estimate of drug-likeness (QED) is 0.502. The van der Waals surface area contributed by atoms with E-state index in [1.54, 1.807) is 12.3 Å². The summed E-state index contributed by atoms with van der Waals surface area (Å²) in [5, 5.41) is 21.8. The fourth-order valence-corrected chi connectivity index (χ4v) is 3.46. The van der Waals surface area contributed by atoms with E-state index in [2.05, 4.69) is 25.2 Å². The highest BCUT2D eigenvalue weighted by molar-refractivity contribution is 7.98. The molecule has 116 valence electrons. The highest BCUT2D eigenvalue weighted by Crippen LogP contribution is 2.41. The summed E-state index contributed by atoms with van der Waals surface area (Å²) < 4.78 is 3.10. The number of rotatable bonds is 1. The number of fused-ring (bicyclic) bond motifs is 2. The van der Waals surface area contributed by atoms with Gasteiger partial charge in [-0.05, 0) is 36.6 Å². The van der Waals surface area contributed by atoms with Gasteiger partial charge in [-0.25, -0.2) is 4.99 Å². The summed E-state index contributed by atoms with van der Waals surface area (Å²) in [6, 6.07) is 7.21. The Hall–Kier alpha value is -2.38. The van der Waals surface area contributed by atoms with Gasteiger partial charge in [0.15, 0.2) is 0 Å². The molecule has 0 saturated carbocycles. The van der Waals surface area contributed by atoms with Crippen LogP contribution in [0.4, 0.5) is 11.4 Å². The van der Waals surface area contributed by atoms with Crippen LogP contribution in [0, 0.1) is 6.92 Å². The number of phenols is 1. The molecule has 0 radical (unpaired) electrons. The molecule has 2 aromatic carbocycles. The van der Waals surface area contributed by atoms with E-state index < -0.39 is 0 Å². The second-order valence-electron chi connectivity index (χ2n) is 5.15. The van der Waals surface area contributed by atoms with Gasteiger partial charge in [-0.3, -0.25) is 9.82 Å². The normalized spacial score (nSPS) is 13.4. The summed E-state index contributed by atoms with van der Waals surface area (Å²) in [4.78, 5) is 5.21. The Bertz CT molecular complexity index is 952. The van der Waals surface area contributed by atoms with E-state index in [-0.39, 0.29) is 5.75 Å². The molecule has 3 aromatic rings. The lowest BCUT2D eigenvalue weighted by Gasteiger charge is -2.19. The molecule has 0 saturated heterocycles. The number of nitrogens with one attached hydrogen (secondary N) is 3. The van der Waals surface area contributed by atoms with Crippen LogP contribution in [0.2, 0.25) is 5.02 Å². The van der Waals surface area contributed by atoms with Crippen LogP contribution in [0.25, 0.3) is 10.9 Å². The topological polar surface area (TPSA) is 85.3 Å². The third-order valence-corrected chi connectivity index (χ3v) is 4.62. The third kappa shape index (κ3) is 2.47. The maximum absolute atomic E-state index is 10.0. The number of aliphatic imine (C=N–C) groups is 1. The summed E-state index contributed by atoms with van der Waals surface area (Å²) in [5.41, 5.74) is 3.47. The molecule has 1 aliphatic rings. The Morgan fingerprint density at radius 1 is 1.30 bits per heavy atom. The molecule has 0 amide bonds. The van der Waals surface area contributed by atoms with Crippen LogP contribution in [0.15, 0.2) is 40.4 Å². The molecule has 0 atom stereocenters. The standard InChI is InChI=1S/C15H12ClN5OS/c1-7-2-3-10(9-6-17-20-13(7)9)18-15-19-14-11(22)4-8(16)5-12(14)23-21-15/h2-6,22H,1H3,(H,17,20)(H2,18,19,21). The highest BCUT2D eigenvalue weighted by Gasteiger charge is 2.18. The molecule has 0 bridgehead atoms. The van der Waals surface area contributed by atoms with Crippen LogP contribution in [0.1, 0.15) is 5.56 Å². The second-order valence-corrected chi connectivity index (χ2v) is 6.43. The van der Waals surface area contributed by atoms with Crippen LogP contribution < -0.4 is 10.0 Å². The van der Waals surface area contributed by atoms with Gasteiger partial charge < -0.3 is 10.4 Å². The Kier molecular flexibility index (Phi) is 3.32. The molecule has 0 fully saturated rings. The van der Waals surface area contributed by atoms with Crippen molar-refractivity contribution in [3.63, 3.8) is 0 Å². The van der Waals surface area contributed by atoms with Gasteiger partial charge in [-0.2, -0.15) is 5.10 Å². The Morgan fingerprint density at radius 2 is 2.17 bits per heavy atom. The van der Waals surface area contributed by atoms with E-state index in [4.69, 9.17) is 11.6 Å². The first-order chi connectivity index (χ1) is 11.1. The number of guanidine groups is 1. The molecule has 1 aromatic heterocycles. The minimum Gasteiger partial charge on any atom is -0.506 e. The number of benzene rings is 2. The Morgan fingerprint density at radius 3 is 3.04 bits per heavy atom. The average Bonchev–Trinajstić information content (AvgIpc) is 3.01. The lowest BCUT2D eigenvalue weighted by molar-refractivity contribution is 0.475. The molecule has 1 aliphatic heterocycles. The lowest BCUT2D eigenvalue weighted by Crippen LogP contribution is -2.26. The molecular weight excluding hydrogens is 334 g/mol. The van der Waals surface area contributed by atoms with E-state index in [9.17, 15) is 5.11 Å². The van der Waals surface area contributed by atoms with Gasteiger partial charge in [0.25, 0.3) is 0 Å². The van der Waals surface area contributed by atoms with Crippen LogP contribution in [0.5, 0.6) is 5.75 Å². The first-order valence-corrected chi connectivity index (χ1v) is 8.05. The second kappa shape index (κ2) is 5.36. The van der Waals surface area contributed by atoms with E-state index in [1.165, 1.54) is 18.0 Å². The highest BCUT2D eigenvalue weighted by atomic mass is 35.5. The third-order valence-electron chi connectivity index (χ3n) is 3.58. The number of aromatic hydroxyl groups is 1. The van der Waals surface area contributed by atoms with Gasteiger partial charge in [0.1, 0.15) is 11.4 Å². The first-order valence-electron chi connectivity index (χ1n) is 6.85. The molecule has 2 heterocycles. The predicted molar refractivity (Wildman–Crippen MR) is 93.7 cm³/mol. The summed E-state index contributed by atoms with van der Waals surface area (Å²) in [7, 11) is 0. The molecule has 23 heavy (non-hydrogen) atoms. The Balaban J connectivity index is 1.73. The molecule has 0 aliphatic carbocycles. The minimum atomic E-state index is 0.0539. The number of hydrogen-bond donors (Lipinski definition) is 4. The van der Waals surface area contributed by atoms with Crippen LogP contribution in [-0.4, -0.2) is 21.3 Å². The smallest absolute Gasteiger partial charge is 0.211 e. The maximum atomic E-state index is 10.0. The van der Waals surface area contributed by atoms with Crippen molar-refractivity contribution >= 4 is 51.8 Å². The van der Waals surface area contributed by atoms with Gasteiger partial charge in [0.05, 0.1) is 22.3 Å². The van der Waals surface area contributed by atoms with Crippen molar-refractivity contribution in [2.24, 2.45) is 4.99 Å². The zero-order valence-electron chi connectivity index (χ0n) is 12.0. The molecular formula is C15H12ClN5OS. The van der Waals surface area contributed by atoms with Crippen molar-refractivity contribution in [1.82, 2.24) is 14.9 Å². The SMILES string of the molecule is Cc1ccc(NC2=Nc3c(O)cc(Cl)cc3SN2)c2cn[nH]c12. The van der Waals surface area contributed by atoms with Crippen molar-refractivity contribution in [2.45, 2.75) is 11.8 Å². The molecule has 0 unspecified atom stereocenters. The summed E-state index contributed by atoms with van der Waals surface area (Å²) >= 11 is 7.28. The number of phenolic OH excluding ortho intramolecular Hbond substituents is 1. The number of halogens is 1. The van der Waals surface area contributed by atoms with Gasteiger partial charge >= 0.3 is 0 Å². The summed E-state index contributed by atoms with van der Waals surface area (Å²) in [5.74, 6) is 0.588. The Labute approximate surface area is 141 Å². The largest absolute Gasteiger partial charge is 0.506 e. The molecule has 6 nitrogen and oxygen atoms in total. The van der Waals surface area contributed by atoms with Crippen molar-refractivity contribution in [1.29, 1.82) is 0 Å². The predicted octanol–water partition coefficient (Wildman–Crippen LogP) is 3.94. The number of H-pyrrole nitrogens is 1. The fraction of sp³-hybridized carbons (Fsp3) is 0.0667. The van der Waals surface area contributed by atoms with Gasteiger partial charge in [-0.15, -0.1) is 0 Å². The number of anilines is 1. The molecule has 4 rings (SSSR count). The minimum absolute atomic E-state index is 0.0539. The number of aromatic nitrogens is 2. The van der Waals surface area contributed by atoms with Crippen LogP contribution in [0.3, 0.4) is 0 Å². The lowest BCUT2D eigenvalue weighted by atomic mass is 10.1. The zero-order valence-corrected chi connectivity index (χ0v) is 13.6. The van der Waals surface area contributed by atoms with E-state index in [0.29, 0.717) is 16.7 Å². The molecule has 8 heteroatoms. The van der Waals surface area contributed by atoms with E-state index in [1.807, 2.05) is 19.1 Å². The summed E-state index contributed by atoms with van der Waals surface area (Å²) in [6.07, 6.45) is 1.77. The van der Waals surface area contributed by atoms with Gasteiger partial charge in [0, 0.05) is 16.5 Å². The molecule has 4 N–H and O–H groups in total. The maximum Gasteiger partial charge on any atom is 0.211 e. The number of aromatic amines is 1. The fourth-order valence-electron chi connectivity index (χ4n) is 2.45. The number of nitrogens with zero attached hydrogens (tertiary/aromatic N) is 2. The number of aryl methyl sites for hydroxylation is 1. The van der Waals surface area contributed by atoms with E-state index in [0.717, 1.165) is 27.0 Å². The van der Waals surface area contributed by atoms with E-state index >= 15 is 0 Å². The van der Waals surface area contributed by atoms with Crippen molar-refractivity contribution in [3.8, 4) is 5.75 Å². The van der Waals surface area contributed by atoms with Crippen molar-refractivity contribution in [3.05, 3.63) is 41.0 Å².